The molecule has 0 aromatic heterocycles. The van der Waals surface area contributed by atoms with Gasteiger partial charge in [-0.1, -0.05) is 0 Å². The summed E-state index contributed by atoms with van der Waals surface area (Å²) in [4.78, 5) is 2.11. The summed E-state index contributed by atoms with van der Waals surface area (Å²) in [6.07, 6.45) is 1.24. The molecule has 1 heterocycles. The normalized spacial score (nSPS) is 17.5. The van der Waals surface area contributed by atoms with E-state index in [9.17, 15) is 8.42 Å². The number of methoxy groups -OCH3 is 1. The quantitative estimate of drug-likeness (QED) is 0.812. The number of ether oxygens (including phenoxy) is 1. The molecule has 1 aliphatic heterocycles. The zero-order chi connectivity index (χ0) is 14.0. The highest BCUT2D eigenvalue weighted by molar-refractivity contribution is 7.88. The number of nitrogens with zero attached hydrogens (tertiary/aromatic N) is 2. The predicted molar refractivity (Wildman–Crippen MR) is 76.0 cm³/mol. The molecule has 2 rings (SSSR count). The number of anilines is 2. The molecule has 1 saturated heterocycles. The summed E-state index contributed by atoms with van der Waals surface area (Å²) >= 11 is 0. The molecule has 0 atom stereocenters. The minimum absolute atomic E-state index is 0.492. The fraction of sp³-hybridized carbons (Fsp3) is 0.500. The van der Waals surface area contributed by atoms with Crippen molar-refractivity contribution in [3.05, 3.63) is 18.2 Å². The van der Waals surface area contributed by atoms with Gasteiger partial charge in [0.2, 0.25) is 10.0 Å². The molecule has 0 radical (unpaired) electrons. The van der Waals surface area contributed by atoms with Gasteiger partial charge in [0.1, 0.15) is 5.75 Å². The lowest BCUT2D eigenvalue weighted by molar-refractivity contribution is 0.381. The van der Waals surface area contributed by atoms with Crippen LogP contribution in [0.4, 0.5) is 11.4 Å². The maximum Gasteiger partial charge on any atom is 0.211 e. The second-order valence-electron chi connectivity index (χ2n) is 4.58. The van der Waals surface area contributed by atoms with Crippen molar-refractivity contribution in [1.29, 1.82) is 0 Å². The molecule has 0 saturated carbocycles. The van der Waals surface area contributed by atoms with Gasteiger partial charge >= 0.3 is 0 Å². The molecule has 0 amide bonds. The zero-order valence-corrected chi connectivity index (χ0v) is 12.0. The summed E-state index contributed by atoms with van der Waals surface area (Å²) in [6.45, 7) is 2.28. The average Bonchev–Trinajstić information content (AvgIpc) is 2.37. The van der Waals surface area contributed by atoms with Crippen molar-refractivity contribution in [2.24, 2.45) is 0 Å². The van der Waals surface area contributed by atoms with Gasteiger partial charge in [-0.15, -0.1) is 0 Å². The van der Waals surface area contributed by atoms with Gasteiger partial charge in [0, 0.05) is 37.9 Å². The fourth-order valence-electron chi connectivity index (χ4n) is 2.22. The number of piperazine rings is 1. The third kappa shape index (κ3) is 3.10. The Labute approximate surface area is 113 Å². The molecule has 1 aromatic rings. The molecular weight excluding hydrogens is 266 g/mol. The molecule has 7 heteroatoms. The van der Waals surface area contributed by atoms with Crippen LogP contribution in [0.3, 0.4) is 0 Å². The highest BCUT2D eigenvalue weighted by Gasteiger charge is 2.24. The van der Waals surface area contributed by atoms with Crippen LogP contribution in [0.1, 0.15) is 0 Å². The standard InChI is InChI=1S/C12H19N3O3S/c1-18-12-9-10(13)3-4-11(12)14-5-7-15(8-6-14)19(2,16)17/h3-4,9H,5-8,13H2,1-2H3. The maximum absolute atomic E-state index is 11.5. The van der Waals surface area contributed by atoms with E-state index in [2.05, 4.69) is 4.90 Å². The van der Waals surface area contributed by atoms with Crippen LogP contribution in [0.25, 0.3) is 0 Å². The molecular formula is C12H19N3O3S. The molecule has 0 unspecified atom stereocenters. The van der Waals surface area contributed by atoms with E-state index in [-0.39, 0.29) is 0 Å². The van der Waals surface area contributed by atoms with Crippen LogP contribution in [0.2, 0.25) is 0 Å². The number of hydrogen-bond donors (Lipinski definition) is 1. The number of nitrogen functional groups attached to an aromatic ring is 1. The maximum atomic E-state index is 11.5. The van der Waals surface area contributed by atoms with E-state index in [1.807, 2.05) is 12.1 Å². The predicted octanol–water partition coefficient (Wildman–Crippen LogP) is 0.359. The SMILES string of the molecule is COc1cc(N)ccc1N1CCN(S(C)(=O)=O)CC1. The van der Waals surface area contributed by atoms with Crippen LogP contribution in [-0.4, -0.2) is 52.3 Å². The molecule has 106 valence electrons. The summed E-state index contributed by atoms with van der Waals surface area (Å²) in [6, 6.07) is 5.50. The first-order valence-electron chi connectivity index (χ1n) is 6.05. The van der Waals surface area contributed by atoms with Gasteiger partial charge in [-0.2, -0.15) is 4.31 Å². The monoisotopic (exact) mass is 285 g/mol. The van der Waals surface area contributed by atoms with Crippen molar-refractivity contribution < 1.29 is 13.2 Å². The van der Waals surface area contributed by atoms with E-state index in [1.54, 1.807) is 13.2 Å². The topological polar surface area (TPSA) is 75.9 Å². The average molecular weight is 285 g/mol. The van der Waals surface area contributed by atoms with E-state index >= 15 is 0 Å². The number of sulfonamides is 1. The number of benzene rings is 1. The molecule has 19 heavy (non-hydrogen) atoms. The Morgan fingerprint density at radius 2 is 1.84 bits per heavy atom. The number of nitrogens with two attached hydrogens (primary N) is 1. The first-order chi connectivity index (χ1) is 8.91. The summed E-state index contributed by atoms with van der Waals surface area (Å²) in [7, 11) is -1.50. The van der Waals surface area contributed by atoms with Crippen molar-refractivity contribution in [3.8, 4) is 5.75 Å². The highest BCUT2D eigenvalue weighted by Crippen LogP contribution is 2.31. The lowest BCUT2D eigenvalue weighted by atomic mass is 10.2. The first kappa shape index (κ1) is 14.0. The summed E-state index contributed by atoms with van der Waals surface area (Å²) in [5.74, 6) is 0.716. The summed E-state index contributed by atoms with van der Waals surface area (Å²) < 4.78 is 29.7. The Kier molecular flexibility index (Phi) is 3.86. The Balaban J connectivity index is 2.14. The smallest absolute Gasteiger partial charge is 0.211 e. The van der Waals surface area contributed by atoms with E-state index < -0.39 is 10.0 Å². The van der Waals surface area contributed by atoms with Crippen molar-refractivity contribution in [2.75, 3.05) is 50.2 Å². The van der Waals surface area contributed by atoms with E-state index in [4.69, 9.17) is 10.5 Å². The Hall–Kier alpha value is -1.47. The minimum Gasteiger partial charge on any atom is -0.495 e. The van der Waals surface area contributed by atoms with Gasteiger partial charge in [-0.25, -0.2) is 8.42 Å². The molecule has 2 N–H and O–H groups in total. The lowest BCUT2D eigenvalue weighted by Crippen LogP contribution is -2.48. The number of hydrogen-bond acceptors (Lipinski definition) is 5. The lowest BCUT2D eigenvalue weighted by Gasteiger charge is -2.35. The van der Waals surface area contributed by atoms with Crippen LogP contribution >= 0.6 is 0 Å². The Morgan fingerprint density at radius 1 is 1.21 bits per heavy atom. The minimum atomic E-state index is -3.10. The number of rotatable bonds is 3. The van der Waals surface area contributed by atoms with E-state index in [1.165, 1.54) is 10.6 Å². The second-order valence-corrected chi connectivity index (χ2v) is 6.56. The summed E-state index contributed by atoms with van der Waals surface area (Å²) in [5, 5.41) is 0. The summed E-state index contributed by atoms with van der Waals surface area (Å²) in [5.41, 5.74) is 7.32. The fourth-order valence-corrected chi connectivity index (χ4v) is 3.04. The van der Waals surface area contributed by atoms with Crippen LogP contribution in [0.15, 0.2) is 18.2 Å². The molecule has 1 aromatic carbocycles. The third-order valence-electron chi connectivity index (χ3n) is 3.25. The van der Waals surface area contributed by atoms with Crippen molar-refractivity contribution in [2.45, 2.75) is 0 Å². The van der Waals surface area contributed by atoms with E-state index in [0.717, 1.165) is 5.69 Å². The molecule has 6 nitrogen and oxygen atoms in total. The Bertz CT molecular complexity index is 551. The third-order valence-corrected chi connectivity index (χ3v) is 4.56. The molecule has 1 aliphatic rings. The van der Waals surface area contributed by atoms with E-state index in [0.29, 0.717) is 37.6 Å². The molecule has 0 aliphatic carbocycles. The zero-order valence-electron chi connectivity index (χ0n) is 11.2. The van der Waals surface area contributed by atoms with Gasteiger partial charge in [-0.05, 0) is 12.1 Å². The van der Waals surface area contributed by atoms with Crippen molar-refractivity contribution >= 4 is 21.4 Å². The van der Waals surface area contributed by atoms with Gasteiger partial charge in [0.15, 0.2) is 0 Å². The van der Waals surface area contributed by atoms with Gasteiger partial charge < -0.3 is 15.4 Å². The van der Waals surface area contributed by atoms with Crippen LogP contribution in [-0.2, 0) is 10.0 Å². The second kappa shape index (κ2) is 5.26. The van der Waals surface area contributed by atoms with Crippen molar-refractivity contribution in [1.82, 2.24) is 4.31 Å². The van der Waals surface area contributed by atoms with Gasteiger partial charge in [-0.3, -0.25) is 0 Å². The van der Waals surface area contributed by atoms with Gasteiger partial charge in [0.05, 0.1) is 19.1 Å². The Morgan fingerprint density at radius 3 is 2.37 bits per heavy atom. The highest BCUT2D eigenvalue weighted by atomic mass is 32.2. The van der Waals surface area contributed by atoms with Crippen molar-refractivity contribution in [3.63, 3.8) is 0 Å². The van der Waals surface area contributed by atoms with Crippen LogP contribution in [0, 0.1) is 0 Å². The van der Waals surface area contributed by atoms with Crippen LogP contribution < -0.4 is 15.4 Å². The first-order valence-corrected chi connectivity index (χ1v) is 7.90. The molecule has 1 fully saturated rings. The molecule has 0 bridgehead atoms. The molecule has 0 spiro atoms. The largest absolute Gasteiger partial charge is 0.495 e. The van der Waals surface area contributed by atoms with Gasteiger partial charge in [0.25, 0.3) is 0 Å². The van der Waals surface area contributed by atoms with Crippen LogP contribution in [0.5, 0.6) is 5.75 Å².